The van der Waals surface area contributed by atoms with E-state index in [-0.39, 0.29) is 18.1 Å². The lowest BCUT2D eigenvalue weighted by Gasteiger charge is -2.03. The molecule has 6 heteroatoms. The first kappa shape index (κ1) is 11.0. The molecule has 1 rings (SSSR count). The summed E-state index contributed by atoms with van der Waals surface area (Å²) in [5.41, 5.74) is 5.43. The summed E-state index contributed by atoms with van der Waals surface area (Å²) in [6.45, 7) is 1.65. The first-order valence-electron chi connectivity index (χ1n) is 4.15. The minimum Gasteiger partial charge on any atom is -0.444 e. The van der Waals surface area contributed by atoms with Gasteiger partial charge in [0.15, 0.2) is 0 Å². The van der Waals surface area contributed by atoms with E-state index in [4.69, 9.17) is 10.2 Å². The lowest BCUT2D eigenvalue weighted by atomic mass is 10.2. The second kappa shape index (κ2) is 4.00. The Bertz CT molecular complexity index is 293. The van der Waals surface area contributed by atoms with E-state index in [2.05, 4.69) is 4.98 Å². The quantitative estimate of drug-likeness (QED) is 0.828. The largest absolute Gasteiger partial charge is 0.444 e. The van der Waals surface area contributed by atoms with E-state index in [1.165, 1.54) is 6.20 Å². The highest BCUT2D eigenvalue weighted by molar-refractivity contribution is 4.97. The maximum absolute atomic E-state index is 11.8. The van der Waals surface area contributed by atoms with Crippen molar-refractivity contribution in [1.29, 1.82) is 0 Å². The van der Waals surface area contributed by atoms with Gasteiger partial charge in [-0.1, -0.05) is 0 Å². The first-order valence-corrected chi connectivity index (χ1v) is 4.15. The highest BCUT2D eigenvalue weighted by Crippen LogP contribution is 2.22. The van der Waals surface area contributed by atoms with Gasteiger partial charge in [0.25, 0.3) is 0 Å². The molecule has 0 spiro atoms. The third-order valence-electron chi connectivity index (χ3n) is 1.62. The fourth-order valence-corrected chi connectivity index (χ4v) is 0.914. The van der Waals surface area contributed by atoms with Crippen LogP contribution in [0.2, 0.25) is 0 Å². The number of aromatic nitrogens is 1. The summed E-state index contributed by atoms with van der Waals surface area (Å²) in [4.78, 5) is 3.76. The molecular weight excluding hydrogens is 197 g/mol. The molecule has 0 amide bonds. The van der Waals surface area contributed by atoms with Crippen LogP contribution < -0.4 is 5.73 Å². The molecule has 0 aliphatic rings. The highest BCUT2D eigenvalue weighted by Gasteiger charge is 2.27. The van der Waals surface area contributed by atoms with E-state index in [1.807, 2.05) is 0 Å². The third kappa shape index (κ3) is 3.37. The summed E-state index contributed by atoms with van der Waals surface area (Å²) < 4.78 is 40.5. The summed E-state index contributed by atoms with van der Waals surface area (Å²) in [5.74, 6) is 0.483. The van der Waals surface area contributed by atoms with Gasteiger partial charge in [0.1, 0.15) is 5.76 Å². The van der Waals surface area contributed by atoms with Crippen molar-refractivity contribution in [2.24, 2.45) is 5.73 Å². The highest BCUT2D eigenvalue weighted by atomic mass is 19.4. The zero-order valence-corrected chi connectivity index (χ0v) is 7.64. The minimum absolute atomic E-state index is 0.191. The van der Waals surface area contributed by atoms with Gasteiger partial charge >= 0.3 is 6.18 Å². The molecule has 1 unspecified atom stereocenters. The van der Waals surface area contributed by atoms with Crippen molar-refractivity contribution in [3.05, 3.63) is 17.8 Å². The fourth-order valence-electron chi connectivity index (χ4n) is 0.914. The average Bonchev–Trinajstić information content (AvgIpc) is 2.47. The summed E-state index contributed by atoms with van der Waals surface area (Å²) in [7, 11) is 0. The Morgan fingerprint density at radius 2 is 2.21 bits per heavy atom. The lowest BCUT2D eigenvalue weighted by Crippen LogP contribution is -2.08. The van der Waals surface area contributed by atoms with Gasteiger partial charge in [-0.05, 0) is 6.92 Å². The third-order valence-corrected chi connectivity index (χ3v) is 1.62. The van der Waals surface area contributed by atoms with Gasteiger partial charge < -0.3 is 10.2 Å². The van der Waals surface area contributed by atoms with Gasteiger partial charge in [-0.2, -0.15) is 13.2 Å². The molecule has 0 saturated carbocycles. The second-order valence-electron chi connectivity index (χ2n) is 3.07. The Morgan fingerprint density at radius 1 is 1.57 bits per heavy atom. The molecule has 80 valence electrons. The predicted octanol–water partition coefficient (Wildman–Crippen LogP) is 2.19. The number of nitrogens with zero attached hydrogens (tertiary/aromatic N) is 1. The number of alkyl halides is 3. The maximum Gasteiger partial charge on any atom is 0.389 e. The monoisotopic (exact) mass is 208 g/mol. The van der Waals surface area contributed by atoms with E-state index >= 15 is 0 Å². The van der Waals surface area contributed by atoms with Gasteiger partial charge in [-0.25, -0.2) is 4.98 Å². The van der Waals surface area contributed by atoms with Crippen LogP contribution in [0.4, 0.5) is 13.2 Å². The van der Waals surface area contributed by atoms with E-state index in [0.29, 0.717) is 0 Å². The van der Waals surface area contributed by atoms with Crippen molar-refractivity contribution < 1.29 is 17.6 Å². The molecule has 0 aliphatic heterocycles. The molecule has 0 fully saturated rings. The molecule has 0 bridgehead atoms. The minimum atomic E-state index is -4.17. The zero-order valence-electron chi connectivity index (χ0n) is 7.64. The van der Waals surface area contributed by atoms with E-state index in [9.17, 15) is 13.2 Å². The van der Waals surface area contributed by atoms with Crippen molar-refractivity contribution in [3.63, 3.8) is 0 Å². The number of aryl methyl sites for hydroxylation is 1. The van der Waals surface area contributed by atoms with Crippen LogP contribution in [0, 0.1) is 0 Å². The van der Waals surface area contributed by atoms with Crippen LogP contribution in [0.1, 0.15) is 31.0 Å². The van der Waals surface area contributed by atoms with E-state index < -0.39 is 18.6 Å². The number of halogens is 3. The molecule has 0 aliphatic carbocycles. The van der Waals surface area contributed by atoms with E-state index in [0.717, 1.165) is 0 Å². The Labute approximate surface area is 79.1 Å². The topological polar surface area (TPSA) is 52.0 Å². The molecule has 1 atom stereocenters. The molecule has 0 aromatic carbocycles. The van der Waals surface area contributed by atoms with Gasteiger partial charge in [0.2, 0.25) is 5.89 Å². The number of hydrogen-bond acceptors (Lipinski definition) is 3. The van der Waals surface area contributed by atoms with Crippen molar-refractivity contribution in [2.75, 3.05) is 0 Å². The van der Waals surface area contributed by atoms with Crippen LogP contribution in [0.25, 0.3) is 0 Å². The van der Waals surface area contributed by atoms with Crippen molar-refractivity contribution in [2.45, 2.75) is 32.0 Å². The second-order valence-corrected chi connectivity index (χ2v) is 3.07. The molecule has 3 nitrogen and oxygen atoms in total. The van der Waals surface area contributed by atoms with Crippen LogP contribution in [-0.2, 0) is 6.42 Å². The Hall–Kier alpha value is -1.04. The fraction of sp³-hybridized carbons (Fsp3) is 0.625. The Kier molecular flexibility index (Phi) is 3.15. The zero-order chi connectivity index (χ0) is 10.8. The van der Waals surface area contributed by atoms with Crippen molar-refractivity contribution in [3.8, 4) is 0 Å². The number of nitrogens with two attached hydrogens (primary N) is 1. The summed E-state index contributed by atoms with van der Waals surface area (Å²) in [6.07, 6.45) is -3.98. The van der Waals surface area contributed by atoms with Crippen LogP contribution >= 0.6 is 0 Å². The molecular formula is C8H11F3N2O. The van der Waals surface area contributed by atoms with Gasteiger partial charge in [-0.15, -0.1) is 0 Å². The van der Waals surface area contributed by atoms with Crippen LogP contribution in [0.5, 0.6) is 0 Å². The van der Waals surface area contributed by atoms with Crippen LogP contribution in [0.3, 0.4) is 0 Å². The molecule has 0 radical (unpaired) electrons. The molecule has 1 aromatic rings. The smallest absolute Gasteiger partial charge is 0.389 e. The summed E-state index contributed by atoms with van der Waals surface area (Å²) in [5, 5.41) is 0. The average molecular weight is 208 g/mol. The van der Waals surface area contributed by atoms with Crippen molar-refractivity contribution in [1.82, 2.24) is 4.98 Å². The number of rotatable bonds is 3. The summed E-state index contributed by atoms with van der Waals surface area (Å²) in [6, 6.07) is -0.394. The first-order chi connectivity index (χ1) is 6.38. The van der Waals surface area contributed by atoms with E-state index in [1.54, 1.807) is 6.92 Å². The number of oxazole rings is 1. The molecule has 14 heavy (non-hydrogen) atoms. The van der Waals surface area contributed by atoms with Crippen LogP contribution in [0.15, 0.2) is 10.6 Å². The Balaban J connectivity index is 2.52. The SMILES string of the molecule is CC(N)c1ncc(CCC(F)(F)F)o1. The van der Waals surface area contributed by atoms with Gasteiger partial charge in [-0.3, -0.25) is 0 Å². The van der Waals surface area contributed by atoms with Crippen LogP contribution in [-0.4, -0.2) is 11.2 Å². The number of hydrogen-bond donors (Lipinski definition) is 1. The maximum atomic E-state index is 11.8. The summed E-state index contributed by atoms with van der Waals surface area (Å²) >= 11 is 0. The molecule has 0 saturated heterocycles. The van der Waals surface area contributed by atoms with Crippen molar-refractivity contribution >= 4 is 0 Å². The standard InChI is InChI=1S/C8H11F3N2O/c1-5(12)7-13-4-6(14-7)2-3-8(9,10)11/h4-5H,2-3,12H2,1H3. The molecule has 2 N–H and O–H groups in total. The predicted molar refractivity (Wildman–Crippen MR) is 43.5 cm³/mol. The van der Waals surface area contributed by atoms with Gasteiger partial charge in [0, 0.05) is 6.42 Å². The lowest BCUT2D eigenvalue weighted by molar-refractivity contribution is -0.134. The normalized spacial score (nSPS) is 14.4. The molecule has 1 heterocycles. The van der Waals surface area contributed by atoms with Gasteiger partial charge in [0.05, 0.1) is 18.7 Å². The molecule has 1 aromatic heterocycles. The Morgan fingerprint density at radius 3 is 2.64 bits per heavy atom.